The van der Waals surface area contributed by atoms with Crippen LogP contribution in [0.25, 0.3) is 0 Å². The fourth-order valence-electron chi connectivity index (χ4n) is 2.79. The van der Waals surface area contributed by atoms with Gasteiger partial charge in [-0.25, -0.2) is 0 Å². The van der Waals surface area contributed by atoms with Gasteiger partial charge in [0.15, 0.2) is 5.82 Å². The molecule has 112 valence electrons. The minimum Gasteiger partial charge on any atom is -0.465 e. The average Bonchev–Trinajstić information content (AvgIpc) is 2.96. The minimum atomic E-state index is -0.483. The number of hydrogen-bond donors (Lipinski definition) is 0. The van der Waals surface area contributed by atoms with E-state index in [1.54, 1.807) is 13.8 Å². The first-order valence-electron chi connectivity index (χ1n) is 7.65. The molecule has 1 aromatic rings. The molecule has 1 heterocycles. The van der Waals surface area contributed by atoms with Gasteiger partial charge in [0, 0.05) is 5.92 Å². The maximum Gasteiger partial charge on any atom is 0.318 e. The van der Waals surface area contributed by atoms with Crippen LogP contribution in [-0.4, -0.2) is 22.7 Å². The third-order valence-electron chi connectivity index (χ3n) is 4.26. The Bertz CT molecular complexity index is 436. The third kappa shape index (κ3) is 3.38. The molecule has 1 aliphatic rings. The zero-order valence-corrected chi connectivity index (χ0v) is 12.6. The van der Waals surface area contributed by atoms with Crippen molar-refractivity contribution in [2.24, 2.45) is 5.92 Å². The van der Waals surface area contributed by atoms with Crippen LogP contribution in [0.15, 0.2) is 4.52 Å². The quantitative estimate of drug-likeness (QED) is 0.773. The molecule has 2 rings (SSSR count). The minimum absolute atomic E-state index is 0.308. The van der Waals surface area contributed by atoms with E-state index in [-0.39, 0.29) is 5.97 Å². The van der Waals surface area contributed by atoms with E-state index in [4.69, 9.17) is 9.26 Å². The normalized spacial score (nSPS) is 24.4. The van der Waals surface area contributed by atoms with Crippen LogP contribution in [0.2, 0.25) is 0 Å². The van der Waals surface area contributed by atoms with Gasteiger partial charge >= 0.3 is 5.97 Å². The van der Waals surface area contributed by atoms with Crippen molar-refractivity contribution in [2.45, 2.75) is 64.7 Å². The monoisotopic (exact) mass is 280 g/mol. The van der Waals surface area contributed by atoms with Crippen LogP contribution in [-0.2, 0) is 9.53 Å². The van der Waals surface area contributed by atoms with Gasteiger partial charge in [0.2, 0.25) is 5.89 Å². The largest absolute Gasteiger partial charge is 0.465 e. The van der Waals surface area contributed by atoms with Gasteiger partial charge < -0.3 is 9.26 Å². The van der Waals surface area contributed by atoms with Crippen LogP contribution in [0.1, 0.15) is 76.4 Å². The Morgan fingerprint density at radius 2 is 2.05 bits per heavy atom. The molecule has 0 bridgehead atoms. The number of ether oxygens (including phenoxy) is 1. The standard InChI is InChI=1S/C15H24N2O3/c1-4-11-6-8-12(9-7-11)13-16-14(20-17-13)10(3)15(18)19-5-2/h10-12H,4-9H2,1-3H3. The van der Waals surface area contributed by atoms with E-state index in [1.165, 1.54) is 19.3 Å². The van der Waals surface area contributed by atoms with Crippen LogP contribution in [0.5, 0.6) is 0 Å². The summed E-state index contributed by atoms with van der Waals surface area (Å²) >= 11 is 0. The van der Waals surface area contributed by atoms with E-state index in [2.05, 4.69) is 17.1 Å². The SMILES string of the molecule is CCOC(=O)C(C)c1nc(C2CCC(CC)CC2)no1. The maximum absolute atomic E-state index is 11.7. The molecule has 1 aromatic heterocycles. The van der Waals surface area contributed by atoms with E-state index >= 15 is 0 Å². The summed E-state index contributed by atoms with van der Waals surface area (Å²) in [5.74, 6) is 1.56. The van der Waals surface area contributed by atoms with Gasteiger partial charge in [-0.1, -0.05) is 18.5 Å². The summed E-state index contributed by atoms with van der Waals surface area (Å²) in [7, 11) is 0. The molecule has 0 saturated heterocycles. The molecule has 20 heavy (non-hydrogen) atoms. The van der Waals surface area contributed by atoms with E-state index in [0.29, 0.717) is 18.4 Å². The highest BCUT2D eigenvalue weighted by Gasteiger charge is 2.28. The predicted octanol–water partition coefficient (Wildman–Crippen LogP) is 3.42. The van der Waals surface area contributed by atoms with E-state index in [9.17, 15) is 4.79 Å². The van der Waals surface area contributed by atoms with Crippen molar-refractivity contribution < 1.29 is 14.1 Å². The Hall–Kier alpha value is -1.39. The molecule has 0 spiro atoms. The van der Waals surface area contributed by atoms with Crippen LogP contribution in [0.3, 0.4) is 0 Å². The van der Waals surface area contributed by atoms with Crippen molar-refractivity contribution >= 4 is 5.97 Å². The molecule has 0 amide bonds. The second kappa shape index (κ2) is 6.86. The second-order valence-electron chi connectivity index (χ2n) is 5.59. The summed E-state index contributed by atoms with van der Waals surface area (Å²) in [5, 5.41) is 4.06. The van der Waals surface area contributed by atoms with Gasteiger partial charge in [-0.2, -0.15) is 4.98 Å². The lowest BCUT2D eigenvalue weighted by atomic mass is 9.80. The molecular formula is C15H24N2O3. The van der Waals surface area contributed by atoms with Gasteiger partial charge in [0.25, 0.3) is 0 Å². The van der Waals surface area contributed by atoms with Gasteiger partial charge in [-0.05, 0) is 45.4 Å². The zero-order chi connectivity index (χ0) is 14.5. The topological polar surface area (TPSA) is 65.2 Å². The van der Waals surface area contributed by atoms with E-state index < -0.39 is 5.92 Å². The Morgan fingerprint density at radius 1 is 1.35 bits per heavy atom. The van der Waals surface area contributed by atoms with Crippen molar-refractivity contribution in [3.63, 3.8) is 0 Å². The fourth-order valence-corrected chi connectivity index (χ4v) is 2.79. The maximum atomic E-state index is 11.7. The Kier molecular flexibility index (Phi) is 5.15. The van der Waals surface area contributed by atoms with Crippen molar-refractivity contribution in [3.8, 4) is 0 Å². The average molecular weight is 280 g/mol. The number of carbonyl (C=O) groups is 1. The summed E-state index contributed by atoms with van der Waals surface area (Å²) in [6, 6.07) is 0. The zero-order valence-electron chi connectivity index (χ0n) is 12.6. The highest BCUT2D eigenvalue weighted by molar-refractivity contribution is 5.76. The van der Waals surface area contributed by atoms with E-state index in [0.717, 1.165) is 24.6 Å². The summed E-state index contributed by atoms with van der Waals surface area (Å²) in [6.45, 7) is 6.14. The summed E-state index contributed by atoms with van der Waals surface area (Å²) in [6.07, 6.45) is 5.96. The Labute approximate surface area is 120 Å². The Morgan fingerprint density at radius 3 is 2.65 bits per heavy atom. The molecule has 0 aliphatic heterocycles. The number of aromatic nitrogens is 2. The van der Waals surface area contributed by atoms with Gasteiger partial charge in [0.1, 0.15) is 5.92 Å². The smallest absolute Gasteiger partial charge is 0.318 e. The first-order chi connectivity index (χ1) is 9.65. The van der Waals surface area contributed by atoms with Gasteiger partial charge in [-0.15, -0.1) is 0 Å². The molecule has 0 aromatic carbocycles. The van der Waals surface area contributed by atoms with Gasteiger partial charge in [0.05, 0.1) is 6.61 Å². The molecule has 5 nitrogen and oxygen atoms in total. The van der Waals surface area contributed by atoms with Crippen molar-refractivity contribution in [1.82, 2.24) is 10.1 Å². The predicted molar refractivity (Wildman–Crippen MR) is 74.3 cm³/mol. The van der Waals surface area contributed by atoms with Crippen LogP contribution in [0, 0.1) is 5.92 Å². The highest BCUT2D eigenvalue weighted by Crippen LogP contribution is 2.36. The number of esters is 1. The first-order valence-corrected chi connectivity index (χ1v) is 7.65. The molecule has 0 radical (unpaired) electrons. The lowest BCUT2D eigenvalue weighted by molar-refractivity contribution is -0.145. The molecule has 1 saturated carbocycles. The lowest BCUT2D eigenvalue weighted by Crippen LogP contribution is -2.15. The van der Waals surface area contributed by atoms with Crippen molar-refractivity contribution in [3.05, 3.63) is 11.7 Å². The number of carbonyl (C=O) groups excluding carboxylic acids is 1. The molecule has 1 unspecified atom stereocenters. The second-order valence-corrected chi connectivity index (χ2v) is 5.59. The molecule has 1 atom stereocenters. The Balaban J connectivity index is 1.97. The lowest BCUT2D eigenvalue weighted by Gasteiger charge is -2.25. The van der Waals surface area contributed by atoms with Crippen molar-refractivity contribution in [1.29, 1.82) is 0 Å². The summed E-state index contributed by atoms with van der Waals surface area (Å²) < 4.78 is 10.2. The number of nitrogens with zero attached hydrogens (tertiary/aromatic N) is 2. The third-order valence-corrected chi connectivity index (χ3v) is 4.26. The molecule has 5 heteroatoms. The molecule has 1 aliphatic carbocycles. The molecule has 0 N–H and O–H groups in total. The fraction of sp³-hybridized carbons (Fsp3) is 0.800. The summed E-state index contributed by atoms with van der Waals surface area (Å²) in [5.41, 5.74) is 0. The molecule has 1 fully saturated rings. The first kappa shape index (κ1) is 15.0. The van der Waals surface area contributed by atoms with Crippen LogP contribution >= 0.6 is 0 Å². The number of hydrogen-bond acceptors (Lipinski definition) is 5. The molecular weight excluding hydrogens is 256 g/mol. The number of rotatable bonds is 5. The van der Waals surface area contributed by atoms with E-state index in [1.807, 2.05) is 0 Å². The van der Waals surface area contributed by atoms with Crippen molar-refractivity contribution in [2.75, 3.05) is 6.61 Å². The summed E-state index contributed by atoms with van der Waals surface area (Å²) in [4.78, 5) is 16.1. The van der Waals surface area contributed by atoms with Gasteiger partial charge in [-0.3, -0.25) is 4.79 Å². The van der Waals surface area contributed by atoms with Crippen LogP contribution in [0.4, 0.5) is 0 Å². The highest BCUT2D eigenvalue weighted by atomic mass is 16.5. The van der Waals surface area contributed by atoms with Crippen LogP contribution < -0.4 is 0 Å².